The van der Waals surface area contributed by atoms with Crippen molar-refractivity contribution in [1.82, 2.24) is 5.48 Å². The van der Waals surface area contributed by atoms with E-state index in [-0.39, 0.29) is 6.04 Å². The zero-order chi connectivity index (χ0) is 5.86. The van der Waals surface area contributed by atoms with Crippen LogP contribution in [0.4, 0.5) is 0 Å². The van der Waals surface area contributed by atoms with Gasteiger partial charge in [-0.15, -0.1) is 0 Å². The molecule has 4 nitrogen and oxygen atoms in total. The van der Waals surface area contributed by atoms with Gasteiger partial charge in [0, 0.05) is 0 Å². The molecule has 0 heterocycles. The molecule has 0 aromatic rings. The number of hydrogen-bond donors (Lipinski definition) is 3. The predicted octanol–water partition coefficient (Wildman–Crippen LogP) is -1.88. The average molecular weight is 105 g/mol. The zero-order valence-electron chi connectivity index (χ0n) is 4.14. The molecular formula is C3H9N2O2+. The maximum absolute atomic E-state index is 10.1. The molecular weight excluding hydrogens is 96.0 g/mol. The summed E-state index contributed by atoms with van der Waals surface area (Å²) in [7, 11) is 0. The van der Waals surface area contributed by atoms with E-state index >= 15 is 0 Å². The van der Waals surface area contributed by atoms with E-state index in [0.717, 1.165) is 0 Å². The Morgan fingerprint density at radius 1 is 2.00 bits per heavy atom. The first kappa shape index (κ1) is 6.39. The molecule has 0 radical (unpaired) electrons. The van der Waals surface area contributed by atoms with Crippen LogP contribution in [0.15, 0.2) is 0 Å². The molecule has 1 amide bonds. The first-order chi connectivity index (χ1) is 3.18. The molecule has 0 aliphatic heterocycles. The standard InChI is InChI=1S/C3H8N2O2/c1-2(4)3(6)5-7/h2,7H,4H2,1H3,(H,5,6)/p+1/t2-/m1/s1. The molecule has 0 bridgehead atoms. The van der Waals surface area contributed by atoms with Crippen LogP contribution in [0, 0.1) is 0 Å². The van der Waals surface area contributed by atoms with Gasteiger partial charge in [0.2, 0.25) is 0 Å². The lowest BCUT2D eigenvalue weighted by molar-refractivity contribution is -0.399. The second kappa shape index (κ2) is 2.54. The van der Waals surface area contributed by atoms with Gasteiger partial charge in [-0.25, -0.2) is 5.48 Å². The van der Waals surface area contributed by atoms with Crippen molar-refractivity contribution in [3.63, 3.8) is 0 Å². The Balaban J connectivity index is 3.35. The second-order valence-electron chi connectivity index (χ2n) is 1.38. The number of quaternary nitrogens is 1. The largest absolute Gasteiger partial charge is 0.347 e. The number of nitrogens with one attached hydrogen (secondary N) is 1. The van der Waals surface area contributed by atoms with Crippen LogP contribution >= 0.6 is 0 Å². The first-order valence-corrected chi connectivity index (χ1v) is 1.95. The van der Waals surface area contributed by atoms with Crippen molar-refractivity contribution < 1.29 is 15.7 Å². The molecule has 5 N–H and O–H groups in total. The smallest absolute Gasteiger partial charge is 0.301 e. The number of amides is 1. The van der Waals surface area contributed by atoms with Gasteiger partial charge in [-0.2, -0.15) is 0 Å². The highest BCUT2D eigenvalue weighted by Gasteiger charge is 2.06. The first-order valence-electron chi connectivity index (χ1n) is 1.95. The summed E-state index contributed by atoms with van der Waals surface area (Å²) in [6, 6.07) is -0.384. The normalized spacial score (nSPS) is 13.0. The van der Waals surface area contributed by atoms with Gasteiger partial charge < -0.3 is 5.73 Å². The molecule has 0 aromatic heterocycles. The van der Waals surface area contributed by atoms with Gasteiger partial charge in [0.05, 0.1) is 0 Å². The van der Waals surface area contributed by atoms with E-state index in [0.29, 0.717) is 0 Å². The number of hydrogen-bond acceptors (Lipinski definition) is 2. The predicted molar refractivity (Wildman–Crippen MR) is 22.3 cm³/mol. The van der Waals surface area contributed by atoms with Crippen molar-refractivity contribution in [2.75, 3.05) is 0 Å². The summed E-state index contributed by atoms with van der Waals surface area (Å²) in [6.07, 6.45) is 0. The Morgan fingerprint density at radius 3 is 2.43 bits per heavy atom. The molecule has 42 valence electrons. The van der Waals surface area contributed by atoms with E-state index in [9.17, 15) is 4.79 Å². The zero-order valence-corrected chi connectivity index (χ0v) is 4.14. The van der Waals surface area contributed by atoms with Crippen LogP contribution in [0.5, 0.6) is 0 Å². The number of rotatable bonds is 1. The van der Waals surface area contributed by atoms with E-state index in [1.807, 2.05) is 0 Å². The minimum absolute atomic E-state index is 0.384. The van der Waals surface area contributed by atoms with Gasteiger partial charge in [0.15, 0.2) is 6.04 Å². The third kappa shape index (κ3) is 2.13. The maximum Gasteiger partial charge on any atom is 0.301 e. The van der Waals surface area contributed by atoms with Gasteiger partial charge in [-0.3, -0.25) is 10.0 Å². The molecule has 1 atom stereocenters. The number of carbonyl (C=O) groups is 1. The summed E-state index contributed by atoms with van der Waals surface area (Å²) in [4.78, 5) is 10.1. The lowest BCUT2D eigenvalue weighted by Crippen LogP contribution is -2.65. The van der Waals surface area contributed by atoms with Crippen molar-refractivity contribution in [1.29, 1.82) is 0 Å². The fraction of sp³-hybridized carbons (Fsp3) is 0.667. The third-order valence-corrected chi connectivity index (χ3v) is 0.558. The molecule has 4 heteroatoms. The molecule has 0 aromatic carbocycles. The molecule has 0 saturated heterocycles. The highest BCUT2D eigenvalue weighted by Crippen LogP contribution is 1.65. The quantitative estimate of drug-likeness (QED) is 0.269. The van der Waals surface area contributed by atoms with Gasteiger partial charge in [-0.1, -0.05) is 0 Å². The van der Waals surface area contributed by atoms with Gasteiger partial charge >= 0.3 is 5.91 Å². The summed E-state index contributed by atoms with van der Waals surface area (Å²) in [5.74, 6) is -0.458. The van der Waals surface area contributed by atoms with E-state index in [1.165, 1.54) is 5.48 Å². The molecule has 0 aliphatic carbocycles. The molecule has 7 heavy (non-hydrogen) atoms. The van der Waals surface area contributed by atoms with Crippen molar-refractivity contribution in [3.8, 4) is 0 Å². The Morgan fingerprint density at radius 2 is 2.43 bits per heavy atom. The Bertz CT molecular complexity index is 71.3. The van der Waals surface area contributed by atoms with Crippen LogP contribution in [0.25, 0.3) is 0 Å². The Kier molecular flexibility index (Phi) is 2.32. The monoisotopic (exact) mass is 105 g/mol. The van der Waals surface area contributed by atoms with Gasteiger partial charge in [0.25, 0.3) is 0 Å². The van der Waals surface area contributed by atoms with Crippen LogP contribution in [0.2, 0.25) is 0 Å². The summed E-state index contributed by atoms with van der Waals surface area (Å²) >= 11 is 0. The molecule has 0 unspecified atom stereocenters. The molecule has 0 saturated carbocycles. The maximum atomic E-state index is 10.1. The fourth-order valence-corrected chi connectivity index (χ4v) is 0.110. The minimum atomic E-state index is -0.458. The third-order valence-electron chi connectivity index (χ3n) is 0.558. The lowest BCUT2D eigenvalue weighted by Gasteiger charge is -1.94. The van der Waals surface area contributed by atoms with E-state index < -0.39 is 5.91 Å². The summed E-state index contributed by atoms with van der Waals surface area (Å²) in [6.45, 7) is 1.59. The highest BCUT2D eigenvalue weighted by molar-refractivity contribution is 5.78. The SMILES string of the molecule is C[C@@H]([NH3+])C(=O)NO. The van der Waals surface area contributed by atoms with E-state index in [1.54, 1.807) is 6.92 Å². The minimum Gasteiger partial charge on any atom is -0.347 e. The second-order valence-corrected chi connectivity index (χ2v) is 1.38. The van der Waals surface area contributed by atoms with Crippen LogP contribution in [-0.4, -0.2) is 17.2 Å². The average Bonchev–Trinajstić information content (AvgIpc) is 1.65. The van der Waals surface area contributed by atoms with E-state index in [4.69, 9.17) is 5.21 Å². The lowest BCUT2D eigenvalue weighted by atomic mass is 10.4. The van der Waals surface area contributed by atoms with Crippen molar-refractivity contribution >= 4 is 5.91 Å². The molecule has 0 aliphatic rings. The van der Waals surface area contributed by atoms with Crippen LogP contribution in [0.3, 0.4) is 0 Å². The van der Waals surface area contributed by atoms with Crippen molar-refractivity contribution in [2.45, 2.75) is 13.0 Å². The molecule has 0 spiro atoms. The number of hydroxylamine groups is 1. The van der Waals surface area contributed by atoms with Crippen LogP contribution in [-0.2, 0) is 4.79 Å². The topological polar surface area (TPSA) is 77.0 Å². The van der Waals surface area contributed by atoms with Crippen molar-refractivity contribution in [3.05, 3.63) is 0 Å². The van der Waals surface area contributed by atoms with Gasteiger partial charge in [0.1, 0.15) is 0 Å². The van der Waals surface area contributed by atoms with E-state index in [2.05, 4.69) is 5.73 Å². The summed E-state index contributed by atoms with van der Waals surface area (Å²) in [5.41, 5.74) is 4.80. The molecule has 0 rings (SSSR count). The number of carbonyl (C=O) groups excluding carboxylic acids is 1. The van der Waals surface area contributed by atoms with Gasteiger partial charge in [-0.05, 0) is 6.92 Å². The summed E-state index contributed by atoms with van der Waals surface area (Å²) < 4.78 is 0. The fourth-order valence-electron chi connectivity index (χ4n) is 0.110. The van der Waals surface area contributed by atoms with Crippen molar-refractivity contribution in [2.24, 2.45) is 0 Å². The Labute approximate surface area is 41.3 Å². The van der Waals surface area contributed by atoms with Crippen LogP contribution in [0.1, 0.15) is 6.92 Å². The Hall–Kier alpha value is -0.610. The highest BCUT2D eigenvalue weighted by atomic mass is 16.5. The molecule has 0 fully saturated rings. The van der Waals surface area contributed by atoms with Crippen LogP contribution < -0.4 is 11.2 Å². The summed E-state index contributed by atoms with van der Waals surface area (Å²) in [5, 5.41) is 7.87.